The number of ether oxygens (including phenoxy) is 1. The molecule has 0 heterocycles. The molecule has 1 atom stereocenters. The van der Waals surface area contributed by atoms with Gasteiger partial charge in [-0.05, 0) is 41.0 Å². The van der Waals surface area contributed by atoms with Crippen LogP contribution in [0.2, 0.25) is 0 Å². The summed E-state index contributed by atoms with van der Waals surface area (Å²) in [7, 11) is 1.68. The maximum Gasteiger partial charge on any atom is 0.119 e. The Bertz CT molecular complexity index is 539. The fourth-order valence-corrected chi connectivity index (χ4v) is 1.92. The van der Waals surface area contributed by atoms with Crippen molar-refractivity contribution in [1.82, 2.24) is 0 Å². The molecule has 0 saturated heterocycles. The summed E-state index contributed by atoms with van der Waals surface area (Å²) in [5, 5.41) is 2.35. The smallest absolute Gasteiger partial charge is 0.119 e. The van der Waals surface area contributed by atoms with Crippen LogP contribution in [-0.4, -0.2) is 7.11 Å². The van der Waals surface area contributed by atoms with E-state index in [1.165, 1.54) is 10.8 Å². The van der Waals surface area contributed by atoms with E-state index in [-0.39, 0.29) is 18.4 Å². The van der Waals surface area contributed by atoms with Crippen LogP contribution in [0.25, 0.3) is 10.8 Å². The number of nitrogens with two attached hydrogens (primary N) is 1. The molecule has 2 rings (SSSR count). The minimum absolute atomic E-state index is 0. The highest BCUT2D eigenvalue weighted by Crippen LogP contribution is 2.24. The summed E-state index contributed by atoms with van der Waals surface area (Å²) in [6, 6.07) is 12.3. The van der Waals surface area contributed by atoms with Gasteiger partial charge in [0.1, 0.15) is 5.75 Å². The number of rotatable bonds is 4. The second kappa shape index (κ2) is 6.43. The third-order valence-electron chi connectivity index (χ3n) is 2.92. The Hall–Kier alpha value is -1.51. The van der Waals surface area contributed by atoms with Crippen LogP contribution in [0.15, 0.2) is 49.1 Å². The molecule has 0 aliphatic carbocycles. The zero-order valence-corrected chi connectivity index (χ0v) is 11.2. The normalized spacial score (nSPS) is 11.7. The van der Waals surface area contributed by atoms with Gasteiger partial charge >= 0.3 is 0 Å². The van der Waals surface area contributed by atoms with Crippen molar-refractivity contribution in [2.75, 3.05) is 7.11 Å². The monoisotopic (exact) mass is 263 g/mol. The Morgan fingerprint density at radius 3 is 2.56 bits per heavy atom. The number of hydrogen-bond donors (Lipinski definition) is 1. The molecule has 0 spiro atoms. The van der Waals surface area contributed by atoms with Gasteiger partial charge in [-0.25, -0.2) is 0 Å². The lowest BCUT2D eigenvalue weighted by atomic mass is 10.0. The fraction of sp³-hybridized carbons (Fsp3) is 0.200. The molecule has 2 aromatic rings. The van der Waals surface area contributed by atoms with Gasteiger partial charge in [-0.15, -0.1) is 19.0 Å². The molecule has 18 heavy (non-hydrogen) atoms. The standard InChI is InChI=1S/C15H17NO.ClH/c1-3-4-15(16)13-6-5-12-10-14(17-2)8-7-11(12)9-13;/h3,5-10,15H,1,4,16H2,2H3;1H/t15-;/m1./s1. The van der Waals surface area contributed by atoms with Gasteiger partial charge < -0.3 is 10.5 Å². The Kier molecular flexibility index (Phi) is 5.20. The van der Waals surface area contributed by atoms with E-state index < -0.39 is 0 Å². The van der Waals surface area contributed by atoms with Crippen LogP contribution in [-0.2, 0) is 0 Å². The molecule has 0 unspecified atom stereocenters. The van der Waals surface area contributed by atoms with E-state index in [0.717, 1.165) is 17.7 Å². The zero-order chi connectivity index (χ0) is 12.3. The summed E-state index contributed by atoms with van der Waals surface area (Å²) in [4.78, 5) is 0. The summed E-state index contributed by atoms with van der Waals surface area (Å²) in [5.41, 5.74) is 7.20. The molecule has 0 fully saturated rings. The molecular weight excluding hydrogens is 246 g/mol. The lowest BCUT2D eigenvalue weighted by Crippen LogP contribution is -2.08. The van der Waals surface area contributed by atoms with E-state index in [9.17, 15) is 0 Å². The summed E-state index contributed by atoms with van der Waals surface area (Å²) < 4.78 is 5.20. The van der Waals surface area contributed by atoms with Crippen molar-refractivity contribution in [1.29, 1.82) is 0 Å². The van der Waals surface area contributed by atoms with Gasteiger partial charge in [0.2, 0.25) is 0 Å². The Morgan fingerprint density at radius 2 is 1.89 bits per heavy atom. The third-order valence-corrected chi connectivity index (χ3v) is 2.92. The van der Waals surface area contributed by atoms with Crippen LogP contribution in [0.3, 0.4) is 0 Å². The summed E-state index contributed by atoms with van der Waals surface area (Å²) in [6.45, 7) is 3.71. The summed E-state index contributed by atoms with van der Waals surface area (Å²) >= 11 is 0. The van der Waals surface area contributed by atoms with E-state index in [1.54, 1.807) is 7.11 Å². The van der Waals surface area contributed by atoms with E-state index in [1.807, 2.05) is 18.2 Å². The second-order valence-electron chi connectivity index (χ2n) is 4.10. The number of methoxy groups -OCH3 is 1. The minimum atomic E-state index is 0. The molecule has 0 amide bonds. The molecule has 2 N–H and O–H groups in total. The first kappa shape index (κ1) is 14.6. The molecule has 0 bridgehead atoms. The van der Waals surface area contributed by atoms with Gasteiger partial charge in [0.15, 0.2) is 0 Å². The van der Waals surface area contributed by atoms with E-state index in [2.05, 4.69) is 30.8 Å². The van der Waals surface area contributed by atoms with Crippen molar-refractivity contribution >= 4 is 23.2 Å². The maximum absolute atomic E-state index is 6.06. The first-order valence-corrected chi connectivity index (χ1v) is 5.69. The van der Waals surface area contributed by atoms with Crippen molar-refractivity contribution in [2.45, 2.75) is 12.5 Å². The molecule has 0 saturated carbocycles. The maximum atomic E-state index is 6.06. The molecule has 3 heteroatoms. The molecule has 96 valence electrons. The summed E-state index contributed by atoms with van der Waals surface area (Å²) in [5.74, 6) is 0.876. The predicted molar refractivity (Wildman–Crippen MR) is 79.5 cm³/mol. The van der Waals surface area contributed by atoms with Gasteiger partial charge in [-0.2, -0.15) is 0 Å². The van der Waals surface area contributed by atoms with Crippen LogP contribution >= 0.6 is 12.4 Å². The van der Waals surface area contributed by atoms with Crippen LogP contribution in [0.1, 0.15) is 18.0 Å². The van der Waals surface area contributed by atoms with Crippen LogP contribution in [0, 0.1) is 0 Å². The third kappa shape index (κ3) is 3.03. The van der Waals surface area contributed by atoms with Gasteiger partial charge in [-0.3, -0.25) is 0 Å². The quantitative estimate of drug-likeness (QED) is 0.851. The highest BCUT2D eigenvalue weighted by molar-refractivity contribution is 5.85. The molecule has 0 radical (unpaired) electrons. The number of fused-ring (bicyclic) bond motifs is 1. The Labute approximate surface area is 114 Å². The van der Waals surface area contributed by atoms with E-state index in [0.29, 0.717) is 0 Å². The average Bonchev–Trinajstić information content (AvgIpc) is 2.37. The zero-order valence-electron chi connectivity index (χ0n) is 10.4. The molecule has 2 nitrogen and oxygen atoms in total. The van der Waals surface area contributed by atoms with Gasteiger partial charge in [-0.1, -0.05) is 24.3 Å². The number of benzene rings is 2. The number of halogens is 1. The topological polar surface area (TPSA) is 35.2 Å². The van der Waals surface area contributed by atoms with Crippen LogP contribution in [0.4, 0.5) is 0 Å². The highest BCUT2D eigenvalue weighted by Gasteiger charge is 2.05. The van der Waals surface area contributed by atoms with Crippen molar-refractivity contribution in [3.05, 3.63) is 54.6 Å². The predicted octanol–water partition coefficient (Wildman–Crippen LogP) is 3.85. The lowest BCUT2D eigenvalue weighted by Gasteiger charge is -2.11. The fourth-order valence-electron chi connectivity index (χ4n) is 1.92. The Balaban J connectivity index is 0.00000162. The highest BCUT2D eigenvalue weighted by atomic mass is 35.5. The average molecular weight is 264 g/mol. The van der Waals surface area contributed by atoms with Gasteiger partial charge in [0.05, 0.1) is 7.11 Å². The molecule has 0 aromatic heterocycles. The first-order chi connectivity index (χ1) is 8.24. The van der Waals surface area contributed by atoms with Crippen molar-refractivity contribution in [2.24, 2.45) is 5.73 Å². The van der Waals surface area contributed by atoms with Crippen LogP contribution < -0.4 is 10.5 Å². The minimum Gasteiger partial charge on any atom is -0.497 e. The lowest BCUT2D eigenvalue weighted by molar-refractivity contribution is 0.415. The van der Waals surface area contributed by atoms with Crippen molar-refractivity contribution in [3.63, 3.8) is 0 Å². The first-order valence-electron chi connectivity index (χ1n) is 5.69. The second-order valence-corrected chi connectivity index (χ2v) is 4.10. The van der Waals surface area contributed by atoms with Gasteiger partial charge in [0.25, 0.3) is 0 Å². The largest absolute Gasteiger partial charge is 0.497 e. The van der Waals surface area contributed by atoms with Crippen molar-refractivity contribution in [3.8, 4) is 5.75 Å². The number of hydrogen-bond acceptors (Lipinski definition) is 2. The molecular formula is C15H18ClNO. The SMILES string of the molecule is C=CC[C@@H](N)c1ccc2cc(OC)ccc2c1.Cl. The van der Waals surface area contributed by atoms with Crippen molar-refractivity contribution < 1.29 is 4.74 Å². The summed E-state index contributed by atoms with van der Waals surface area (Å²) in [6.07, 6.45) is 2.64. The van der Waals surface area contributed by atoms with Crippen LogP contribution in [0.5, 0.6) is 5.75 Å². The Morgan fingerprint density at radius 1 is 1.22 bits per heavy atom. The van der Waals surface area contributed by atoms with E-state index in [4.69, 9.17) is 10.5 Å². The van der Waals surface area contributed by atoms with Gasteiger partial charge in [0, 0.05) is 6.04 Å². The molecule has 0 aliphatic heterocycles. The molecule has 2 aromatic carbocycles. The van der Waals surface area contributed by atoms with E-state index >= 15 is 0 Å². The molecule has 0 aliphatic rings.